The zero-order chi connectivity index (χ0) is 13.3. The zero-order valence-electron chi connectivity index (χ0n) is 10.8. The van der Waals surface area contributed by atoms with Gasteiger partial charge in [-0.15, -0.1) is 12.4 Å². The van der Waals surface area contributed by atoms with Crippen LogP contribution in [0.3, 0.4) is 0 Å². The number of aliphatic hydroxyl groups is 1. The molecule has 20 heavy (non-hydrogen) atoms. The van der Waals surface area contributed by atoms with E-state index in [2.05, 4.69) is 22.2 Å². The van der Waals surface area contributed by atoms with Crippen LogP contribution in [0.4, 0.5) is 0 Å². The normalized spacial score (nSPS) is 19.2. The summed E-state index contributed by atoms with van der Waals surface area (Å²) in [6.45, 7) is 1.49. The molecule has 4 nitrogen and oxygen atoms in total. The number of nitrogens with one attached hydrogen (secondary N) is 1. The molecule has 1 saturated heterocycles. The largest absolute Gasteiger partial charge is 0.377 e. The molecule has 2 heterocycles. The molecule has 1 fully saturated rings. The Morgan fingerprint density at radius 2 is 1.95 bits per heavy atom. The topological polar surface area (TPSA) is 61.7 Å². The maximum Gasteiger partial charge on any atom is 0.286 e. The van der Waals surface area contributed by atoms with Gasteiger partial charge < -0.3 is 10.4 Å². The van der Waals surface area contributed by atoms with E-state index in [-0.39, 0.29) is 18.3 Å². The lowest BCUT2D eigenvalue weighted by atomic mass is 9.93. The summed E-state index contributed by atoms with van der Waals surface area (Å²) in [5, 5.41) is 14.9. The monoisotopic (exact) mass is 290 g/mol. The maximum absolute atomic E-state index is 11.8. The lowest BCUT2D eigenvalue weighted by Crippen LogP contribution is -2.40. The molecule has 3 rings (SSSR count). The Hall–Kier alpha value is -1.67. The number of piperidine rings is 1. The van der Waals surface area contributed by atoms with Crippen LogP contribution in [-0.2, 0) is 4.79 Å². The lowest BCUT2D eigenvalue weighted by Gasteiger charge is -2.27. The van der Waals surface area contributed by atoms with Crippen molar-refractivity contribution in [3.8, 4) is 11.8 Å². The third kappa shape index (κ3) is 2.75. The van der Waals surface area contributed by atoms with Gasteiger partial charge in [0, 0.05) is 5.22 Å². The van der Waals surface area contributed by atoms with Gasteiger partial charge in [0.15, 0.2) is 0 Å². The third-order valence-electron chi connectivity index (χ3n) is 3.46. The van der Waals surface area contributed by atoms with Crippen LogP contribution in [-0.4, -0.2) is 29.7 Å². The van der Waals surface area contributed by atoms with Crippen LogP contribution in [0.2, 0.25) is 0 Å². The Morgan fingerprint density at radius 3 is 2.70 bits per heavy atom. The molecule has 2 aliphatic heterocycles. The molecule has 0 bridgehead atoms. The fourth-order valence-electron chi connectivity index (χ4n) is 2.33. The van der Waals surface area contributed by atoms with E-state index < -0.39 is 5.60 Å². The molecule has 0 aromatic heterocycles. The van der Waals surface area contributed by atoms with Gasteiger partial charge in [-0.2, -0.15) is 0 Å². The highest BCUT2D eigenvalue weighted by Gasteiger charge is 2.27. The van der Waals surface area contributed by atoms with E-state index in [1.54, 1.807) is 6.07 Å². The molecule has 5 heteroatoms. The van der Waals surface area contributed by atoms with Crippen molar-refractivity contribution in [1.29, 1.82) is 0 Å². The van der Waals surface area contributed by atoms with Crippen molar-refractivity contribution >= 4 is 23.9 Å². The van der Waals surface area contributed by atoms with Gasteiger partial charge in [-0.3, -0.25) is 4.79 Å². The molecule has 1 aromatic rings. The number of hydrogen-bond donors (Lipinski definition) is 2. The summed E-state index contributed by atoms with van der Waals surface area (Å²) in [6, 6.07) is 7.32. The van der Waals surface area contributed by atoms with Crippen molar-refractivity contribution in [3.63, 3.8) is 0 Å². The molecular weight excluding hydrogens is 276 g/mol. The second-order valence-electron chi connectivity index (χ2n) is 4.84. The van der Waals surface area contributed by atoms with Gasteiger partial charge in [-0.05, 0) is 32.0 Å². The van der Waals surface area contributed by atoms with Crippen LogP contribution < -0.4 is 15.9 Å². The summed E-state index contributed by atoms with van der Waals surface area (Å²) in [5.41, 5.74) is -0.599. The van der Waals surface area contributed by atoms with Gasteiger partial charge >= 0.3 is 0 Å². The van der Waals surface area contributed by atoms with Gasteiger partial charge in [0.2, 0.25) is 0 Å². The van der Waals surface area contributed by atoms with Crippen molar-refractivity contribution in [2.45, 2.75) is 18.4 Å². The highest BCUT2D eigenvalue weighted by atomic mass is 35.5. The molecule has 0 radical (unpaired) electrons. The minimum Gasteiger partial charge on any atom is -0.377 e. The summed E-state index contributed by atoms with van der Waals surface area (Å²) < 4.78 is 0. The minimum atomic E-state index is -0.990. The molecule has 1 aromatic carbocycles. The van der Waals surface area contributed by atoms with Crippen LogP contribution in [0.5, 0.6) is 0 Å². The average Bonchev–Trinajstić information content (AvgIpc) is 2.73. The Labute approximate surface area is 123 Å². The summed E-state index contributed by atoms with van der Waals surface area (Å²) >= 11 is 0. The molecule has 2 aliphatic rings. The van der Waals surface area contributed by atoms with E-state index in [0.717, 1.165) is 18.3 Å². The summed E-state index contributed by atoms with van der Waals surface area (Å²) in [6.07, 6.45) is 1.17. The number of fused-ring (bicyclic) bond motifs is 1. The van der Waals surface area contributed by atoms with E-state index >= 15 is 0 Å². The minimum absolute atomic E-state index is 0. The summed E-state index contributed by atoms with van der Waals surface area (Å²) in [5.74, 6) is 5.39. The van der Waals surface area contributed by atoms with Crippen molar-refractivity contribution in [1.82, 2.24) is 5.32 Å². The Kier molecular flexibility index (Phi) is 4.24. The van der Waals surface area contributed by atoms with Crippen molar-refractivity contribution in [2.75, 3.05) is 13.1 Å². The van der Waals surface area contributed by atoms with E-state index in [4.69, 9.17) is 0 Å². The average molecular weight is 291 g/mol. The molecule has 2 N–H and O–H groups in total. The molecular formula is C15H15ClN2O2. The van der Waals surface area contributed by atoms with Crippen LogP contribution in [0, 0.1) is 11.8 Å². The second kappa shape index (κ2) is 5.76. The van der Waals surface area contributed by atoms with Crippen molar-refractivity contribution in [3.05, 3.63) is 34.8 Å². The number of hydrogen-bond acceptors (Lipinski definition) is 3. The first kappa shape index (κ1) is 14.7. The van der Waals surface area contributed by atoms with Crippen LogP contribution in [0.25, 0.3) is 5.57 Å². The highest BCUT2D eigenvalue weighted by molar-refractivity contribution is 6.21. The number of carbonyl (C=O) groups excluding carboxylic acids is 1. The fraction of sp³-hybridized carbons (Fsp3) is 0.333. The molecule has 0 saturated carbocycles. The smallest absolute Gasteiger partial charge is 0.286 e. The molecule has 0 atom stereocenters. The molecule has 1 amide bonds. The number of rotatable bonds is 0. The number of carbonyl (C=O) groups is 1. The van der Waals surface area contributed by atoms with Gasteiger partial charge in [0.1, 0.15) is 11.2 Å². The van der Waals surface area contributed by atoms with Gasteiger partial charge in [-0.1, -0.05) is 30.0 Å². The van der Waals surface area contributed by atoms with E-state index in [0.29, 0.717) is 23.8 Å². The predicted octanol–water partition coefficient (Wildman–Crippen LogP) is -0.463. The number of para-hydroxylation sites is 1. The van der Waals surface area contributed by atoms with Crippen molar-refractivity contribution < 1.29 is 9.90 Å². The fourth-order valence-corrected chi connectivity index (χ4v) is 2.33. The molecule has 0 unspecified atom stereocenters. The standard InChI is InChI=1S/C15H14N2O2.ClH/c18-14-12(11-3-1-2-4-13(11)17-14)5-6-15(19)7-9-16-10-8-15;/h1-4,16,19H,7-10H2;1H. The molecule has 104 valence electrons. The first-order valence-corrected chi connectivity index (χ1v) is 6.37. The SMILES string of the molecule is Cl.O=C1N=c2ccccc2=C1C#CC1(O)CCNCC1. The van der Waals surface area contributed by atoms with Crippen LogP contribution in [0.1, 0.15) is 12.8 Å². The lowest BCUT2D eigenvalue weighted by molar-refractivity contribution is -0.112. The summed E-state index contributed by atoms with van der Waals surface area (Å²) in [7, 11) is 0. The number of amides is 1. The third-order valence-corrected chi connectivity index (χ3v) is 3.46. The zero-order valence-corrected chi connectivity index (χ0v) is 11.7. The highest BCUT2D eigenvalue weighted by Crippen LogP contribution is 2.16. The van der Waals surface area contributed by atoms with Gasteiger partial charge in [0.25, 0.3) is 5.91 Å². The maximum atomic E-state index is 11.8. The van der Waals surface area contributed by atoms with Crippen LogP contribution in [0.15, 0.2) is 29.3 Å². The Morgan fingerprint density at radius 1 is 1.25 bits per heavy atom. The van der Waals surface area contributed by atoms with E-state index in [1.165, 1.54) is 0 Å². The molecule has 0 aliphatic carbocycles. The predicted molar refractivity (Wildman–Crippen MR) is 77.7 cm³/mol. The van der Waals surface area contributed by atoms with Gasteiger partial charge in [0.05, 0.1) is 5.36 Å². The first-order valence-electron chi connectivity index (χ1n) is 6.37. The molecule has 0 spiro atoms. The second-order valence-corrected chi connectivity index (χ2v) is 4.84. The number of halogens is 1. The van der Waals surface area contributed by atoms with Crippen LogP contribution >= 0.6 is 12.4 Å². The Bertz CT molecular complexity index is 709. The van der Waals surface area contributed by atoms with Crippen molar-refractivity contribution in [2.24, 2.45) is 4.99 Å². The number of nitrogens with zero attached hydrogens (tertiary/aromatic N) is 1. The quantitative estimate of drug-likeness (QED) is 0.636. The van der Waals surface area contributed by atoms with E-state index in [1.807, 2.05) is 18.2 Å². The van der Waals surface area contributed by atoms with E-state index in [9.17, 15) is 9.90 Å². The summed E-state index contributed by atoms with van der Waals surface area (Å²) in [4.78, 5) is 15.8. The number of benzene rings is 1. The first-order chi connectivity index (χ1) is 9.18. The van der Waals surface area contributed by atoms with Gasteiger partial charge in [-0.25, -0.2) is 4.99 Å². The Balaban J connectivity index is 0.00000147.